The van der Waals surface area contributed by atoms with Gasteiger partial charge in [0, 0.05) is 11.9 Å². The second kappa shape index (κ2) is 5.92. The summed E-state index contributed by atoms with van der Waals surface area (Å²) in [5.41, 5.74) is 5.88. The van der Waals surface area contributed by atoms with E-state index in [4.69, 9.17) is 0 Å². The molecule has 3 rings (SSSR count). The first-order chi connectivity index (χ1) is 11.1. The van der Waals surface area contributed by atoms with Crippen molar-refractivity contribution in [2.24, 2.45) is 0 Å². The maximum atomic E-state index is 11.6. The molecular formula is C20H25NO2S. The SMILES string of the molecule is Cc1ccc2c(c1)C(C)(C)CC(c1cccc(CS(C)(=O)=O)c1)N2. The van der Waals surface area contributed by atoms with Crippen LogP contribution in [0.1, 0.15) is 48.6 Å². The Kier molecular flexibility index (Phi) is 4.20. The van der Waals surface area contributed by atoms with E-state index in [0.717, 1.165) is 17.5 Å². The Morgan fingerprint density at radius 1 is 1.17 bits per heavy atom. The van der Waals surface area contributed by atoms with Crippen molar-refractivity contribution in [1.82, 2.24) is 0 Å². The lowest BCUT2D eigenvalue weighted by molar-refractivity contribution is 0.427. The summed E-state index contributed by atoms with van der Waals surface area (Å²) < 4.78 is 23.1. The molecule has 0 aliphatic carbocycles. The number of hydrogen-bond acceptors (Lipinski definition) is 3. The van der Waals surface area contributed by atoms with Gasteiger partial charge >= 0.3 is 0 Å². The third-order valence-corrected chi connectivity index (χ3v) is 5.59. The molecule has 0 radical (unpaired) electrons. The fraction of sp³-hybridized carbons (Fsp3) is 0.400. The molecule has 2 aromatic carbocycles. The largest absolute Gasteiger partial charge is 0.378 e. The van der Waals surface area contributed by atoms with Crippen LogP contribution < -0.4 is 5.32 Å². The summed E-state index contributed by atoms with van der Waals surface area (Å²) in [5, 5.41) is 3.64. The second-order valence-corrected chi connectivity index (χ2v) is 9.79. The van der Waals surface area contributed by atoms with Crippen molar-refractivity contribution in [1.29, 1.82) is 0 Å². The van der Waals surface area contributed by atoms with Gasteiger partial charge in [-0.2, -0.15) is 0 Å². The zero-order chi connectivity index (χ0) is 17.5. The predicted octanol–water partition coefficient (Wildman–Crippen LogP) is 4.37. The van der Waals surface area contributed by atoms with Gasteiger partial charge in [0.15, 0.2) is 9.84 Å². The van der Waals surface area contributed by atoms with Gasteiger partial charge in [-0.3, -0.25) is 0 Å². The monoisotopic (exact) mass is 343 g/mol. The van der Waals surface area contributed by atoms with Crippen molar-refractivity contribution in [2.75, 3.05) is 11.6 Å². The van der Waals surface area contributed by atoms with Crippen LogP contribution in [0.15, 0.2) is 42.5 Å². The number of benzene rings is 2. The molecule has 128 valence electrons. The van der Waals surface area contributed by atoms with E-state index in [2.05, 4.69) is 50.4 Å². The number of rotatable bonds is 3. The Bertz CT molecular complexity index is 869. The van der Waals surface area contributed by atoms with Crippen LogP contribution in [0.25, 0.3) is 0 Å². The van der Waals surface area contributed by atoms with E-state index in [1.165, 1.54) is 23.1 Å². The van der Waals surface area contributed by atoms with E-state index >= 15 is 0 Å². The van der Waals surface area contributed by atoms with Gasteiger partial charge in [0.25, 0.3) is 0 Å². The van der Waals surface area contributed by atoms with Crippen molar-refractivity contribution in [2.45, 2.75) is 44.4 Å². The minimum absolute atomic E-state index is 0.0735. The number of sulfone groups is 1. The smallest absolute Gasteiger partial charge is 0.151 e. The molecule has 0 bridgehead atoms. The Morgan fingerprint density at radius 3 is 2.62 bits per heavy atom. The molecule has 0 saturated carbocycles. The highest BCUT2D eigenvalue weighted by atomic mass is 32.2. The minimum atomic E-state index is -3.02. The number of hydrogen-bond donors (Lipinski definition) is 1. The van der Waals surface area contributed by atoms with Gasteiger partial charge in [0.1, 0.15) is 0 Å². The molecule has 0 amide bonds. The maximum absolute atomic E-state index is 11.6. The Balaban J connectivity index is 1.94. The fourth-order valence-corrected chi connectivity index (χ4v) is 4.39. The van der Waals surface area contributed by atoms with E-state index in [1.54, 1.807) is 0 Å². The molecule has 1 aliphatic heterocycles. The van der Waals surface area contributed by atoms with Crippen LogP contribution in [0.4, 0.5) is 5.69 Å². The first-order valence-electron chi connectivity index (χ1n) is 8.28. The average molecular weight is 343 g/mol. The van der Waals surface area contributed by atoms with Crippen LogP contribution >= 0.6 is 0 Å². The molecule has 1 atom stereocenters. The summed E-state index contributed by atoms with van der Waals surface area (Å²) in [6.45, 7) is 6.68. The predicted molar refractivity (Wildman–Crippen MR) is 100 cm³/mol. The van der Waals surface area contributed by atoms with Gasteiger partial charge in [0.2, 0.25) is 0 Å². The van der Waals surface area contributed by atoms with Crippen molar-refractivity contribution < 1.29 is 8.42 Å². The zero-order valence-corrected chi connectivity index (χ0v) is 15.6. The summed E-state index contributed by atoms with van der Waals surface area (Å²) >= 11 is 0. The molecule has 0 aromatic heterocycles. The van der Waals surface area contributed by atoms with E-state index in [-0.39, 0.29) is 17.2 Å². The van der Waals surface area contributed by atoms with Gasteiger partial charge in [-0.25, -0.2) is 8.42 Å². The summed E-state index contributed by atoms with van der Waals surface area (Å²) in [5.74, 6) is 0.0900. The highest BCUT2D eigenvalue weighted by Gasteiger charge is 2.33. The van der Waals surface area contributed by atoms with E-state index in [1.807, 2.05) is 18.2 Å². The molecule has 4 heteroatoms. The van der Waals surface area contributed by atoms with Crippen molar-refractivity contribution in [3.63, 3.8) is 0 Å². The first-order valence-corrected chi connectivity index (χ1v) is 10.3. The summed E-state index contributed by atoms with van der Waals surface area (Å²) in [6, 6.07) is 14.7. The standard InChI is InChI=1S/C20H25NO2S/c1-14-8-9-18-17(10-14)20(2,3)12-19(21-18)16-7-5-6-15(11-16)13-24(4,22)23/h5-11,19,21H,12-13H2,1-4H3. The molecule has 1 unspecified atom stereocenters. The van der Waals surface area contributed by atoms with Crippen molar-refractivity contribution >= 4 is 15.5 Å². The van der Waals surface area contributed by atoms with Gasteiger partial charge in [-0.05, 0) is 41.5 Å². The number of nitrogens with one attached hydrogen (secondary N) is 1. The topological polar surface area (TPSA) is 46.2 Å². The Morgan fingerprint density at radius 2 is 1.92 bits per heavy atom. The molecule has 1 aliphatic rings. The third kappa shape index (κ3) is 3.64. The molecule has 2 aromatic rings. The molecule has 1 heterocycles. The lowest BCUT2D eigenvalue weighted by Crippen LogP contribution is -2.31. The molecule has 0 saturated heterocycles. The van der Waals surface area contributed by atoms with Crippen LogP contribution in [0.2, 0.25) is 0 Å². The second-order valence-electron chi connectivity index (χ2n) is 7.65. The van der Waals surface area contributed by atoms with E-state index < -0.39 is 9.84 Å². The summed E-state index contributed by atoms with van der Waals surface area (Å²) in [4.78, 5) is 0. The third-order valence-electron chi connectivity index (χ3n) is 4.73. The molecule has 0 spiro atoms. The van der Waals surface area contributed by atoms with Crippen LogP contribution in [0, 0.1) is 6.92 Å². The zero-order valence-electron chi connectivity index (χ0n) is 14.8. The van der Waals surface area contributed by atoms with Gasteiger partial charge in [-0.15, -0.1) is 0 Å². The number of aryl methyl sites for hydroxylation is 1. The lowest BCUT2D eigenvalue weighted by Gasteiger charge is -2.39. The molecule has 24 heavy (non-hydrogen) atoms. The minimum Gasteiger partial charge on any atom is -0.378 e. The molecule has 3 nitrogen and oxygen atoms in total. The van der Waals surface area contributed by atoms with E-state index in [9.17, 15) is 8.42 Å². The van der Waals surface area contributed by atoms with Gasteiger partial charge in [-0.1, -0.05) is 55.8 Å². The number of fused-ring (bicyclic) bond motifs is 1. The summed E-state index contributed by atoms with van der Waals surface area (Å²) in [7, 11) is -3.02. The quantitative estimate of drug-likeness (QED) is 0.900. The Labute approximate surface area is 145 Å². The fourth-order valence-electron chi connectivity index (χ4n) is 3.61. The highest BCUT2D eigenvalue weighted by molar-refractivity contribution is 7.89. The van der Waals surface area contributed by atoms with Gasteiger partial charge < -0.3 is 5.32 Å². The lowest BCUT2D eigenvalue weighted by atomic mass is 9.73. The molecular weight excluding hydrogens is 318 g/mol. The summed E-state index contributed by atoms with van der Waals surface area (Å²) in [6.07, 6.45) is 2.26. The van der Waals surface area contributed by atoms with E-state index in [0.29, 0.717) is 0 Å². The molecule has 1 N–H and O–H groups in total. The van der Waals surface area contributed by atoms with Crippen molar-refractivity contribution in [3.8, 4) is 0 Å². The van der Waals surface area contributed by atoms with Gasteiger partial charge in [0.05, 0.1) is 11.8 Å². The van der Waals surface area contributed by atoms with Crippen LogP contribution in [-0.4, -0.2) is 14.7 Å². The average Bonchev–Trinajstić information content (AvgIpc) is 2.46. The molecule has 0 fully saturated rings. The van der Waals surface area contributed by atoms with Crippen LogP contribution in [0.3, 0.4) is 0 Å². The van der Waals surface area contributed by atoms with Crippen LogP contribution in [-0.2, 0) is 21.0 Å². The van der Waals surface area contributed by atoms with Crippen LogP contribution in [0.5, 0.6) is 0 Å². The highest BCUT2D eigenvalue weighted by Crippen LogP contribution is 2.44. The normalized spacial score (nSPS) is 19.4. The number of anilines is 1. The maximum Gasteiger partial charge on any atom is 0.151 e. The Hall–Kier alpha value is -1.81. The van der Waals surface area contributed by atoms with Crippen molar-refractivity contribution in [3.05, 3.63) is 64.7 Å². The first kappa shape index (κ1) is 17.0.